The molecule has 0 fully saturated rings. The first-order valence-corrected chi connectivity index (χ1v) is 5.79. The molecule has 1 unspecified atom stereocenters. The largest absolute Gasteiger partial charge is 0.366 e. The van der Waals surface area contributed by atoms with E-state index in [1.807, 2.05) is 49.5 Å². The Kier molecular flexibility index (Phi) is 3.92. The van der Waals surface area contributed by atoms with Gasteiger partial charge in [-0.15, -0.1) is 0 Å². The standard InChI is InChI=1S/C14H12N4O/c1-11(12-5-3-2-4-6-12)19-9-14-17-13(7-15)8-18(14)10-16/h2-6,8,11H,9H2,1H3. The Morgan fingerprint density at radius 2 is 2.05 bits per heavy atom. The third kappa shape index (κ3) is 2.98. The molecule has 2 rings (SSSR count). The minimum Gasteiger partial charge on any atom is -0.366 e. The number of rotatable bonds is 4. The molecule has 5 nitrogen and oxygen atoms in total. The molecule has 94 valence electrons. The number of hydrogen-bond donors (Lipinski definition) is 0. The Balaban J connectivity index is 2.05. The Morgan fingerprint density at radius 3 is 2.68 bits per heavy atom. The summed E-state index contributed by atoms with van der Waals surface area (Å²) in [5.74, 6) is 0.432. The third-order valence-corrected chi connectivity index (χ3v) is 2.73. The fourth-order valence-electron chi connectivity index (χ4n) is 1.68. The van der Waals surface area contributed by atoms with E-state index in [2.05, 4.69) is 4.98 Å². The Labute approximate surface area is 111 Å². The number of benzene rings is 1. The van der Waals surface area contributed by atoms with Gasteiger partial charge < -0.3 is 4.74 Å². The molecule has 0 radical (unpaired) electrons. The summed E-state index contributed by atoms with van der Waals surface area (Å²) in [6.07, 6.45) is 3.23. The van der Waals surface area contributed by atoms with Crippen molar-refractivity contribution >= 4 is 0 Å². The van der Waals surface area contributed by atoms with Crippen molar-refractivity contribution in [1.29, 1.82) is 10.5 Å². The lowest BCUT2D eigenvalue weighted by molar-refractivity contribution is 0.0477. The fraction of sp³-hybridized carbons (Fsp3) is 0.214. The van der Waals surface area contributed by atoms with Crippen molar-refractivity contribution in [3.05, 3.63) is 53.6 Å². The minimum atomic E-state index is -0.101. The smallest absolute Gasteiger partial charge is 0.189 e. The van der Waals surface area contributed by atoms with Gasteiger partial charge >= 0.3 is 0 Å². The molecule has 5 heteroatoms. The Morgan fingerprint density at radius 1 is 1.32 bits per heavy atom. The van der Waals surface area contributed by atoms with Gasteiger partial charge in [0.2, 0.25) is 0 Å². The van der Waals surface area contributed by atoms with Crippen molar-refractivity contribution in [2.45, 2.75) is 19.6 Å². The summed E-state index contributed by atoms with van der Waals surface area (Å²) in [4.78, 5) is 4.02. The third-order valence-electron chi connectivity index (χ3n) is 2.73. The zero-order valence-electron chi connectivity index (χ0n) is 10.4. The number of nitriles is 2. The highest BCUT2D eigenvalue weighted by Gasteiger charge is 2.10. The molecule has 1 aromatic heterocycles. The van der Waals surface area contributed by atoms with Gasteiger partial charge in [-0.3, -0.25) is 0 Å². The van der Waals surface area contributed by atoms with Crippen LogP contribution in [0.2, 0.25) is 0 Å². The number of ether oxygens (including phenoxy) is 1. The molecule has 0 aliphatic heterocycles. The molecular formula is C14H12N4O. The van der Waals surface area contributed by atoms with Gasteiger partial charge in [0.1, 0.15) is 18.5 Å². The van der Waals surface area contributed by atoms with E-state index < -0.39 is 0 Å². The second-order valence-corrected chi connectivity index (χ2v) is 3.99. The molecule has 0 saturated carbocycles. The van der Waals surface area contributed by atoms with Crippen molar-refractivity contribution in [2.75, 3.05) is 0 Å². The lowest BCUT2D eigenvalue weighted by Crippen LogP contribution is -2.04. The SMILES string of the molecule is CC(OCc1nc(C#N)cn1C#N)c1ccccc1. The average Bonchev–Trinajstić information content (AvgIpc) is 2.88. The summed E-state index contributed by atoms with van der Waals surface area (Å²) in [6, 6.07) is 11.7. The number of aromatic nitrogens is 2. The van der Waals surface area contributed by atoms with E-state index in [4.69, 9.17) is 15.3 Å². The average molecular weight is 252 g/mol. The molecule has 1 atom stereocenters. The van der Waals surface area contributed by atoms with Gasteiger partial charge in [-0.25, -0.2) is 9.55 Å². The highest BCUT2D eigenvalue weighted by Crippen LogP contribution is 2.17. The molecule has 19 heavy (non-hydrogen) atoms. The maximum atomic E-state index is 8.92. The van der Waals surface area contributed by atoms with Crippen LogP contribution >= 0.6 is 0 Å². The van der Waals surface area contributed by atoms with Gasteiger partial charge in [0.05, 0.1) is 12.3 Å². The molecule has 0 aliphatic rings. The molecule has 0 bridgehead atoms. The first-order valence-electron chi connectivity index (χ1n) is 5.79. The van der Waals surface area contributed by atoms with E-state index in [1.165, 1.54) is 10.8 Å². The van der Waals surface area contributed by atoms with Gasteiger partial charge in [-0.05, 0) is 12.5 Å². The summed E-state index contributed by atoms with van der Waals surface area (Å²) < 4.78 is 6.92. The highest BCUT2D eigenvalue weighted by molar-refractivity contribution is 5.21. The monoisotopic (exact) mass is 252 g/mol. The lowest BCUT2D eigenvalue weighted by Gasteiger charge is -2.12. The maximum absolute atomic E-state index is 8.92. The Bertz CT molecular complexity index is 634. The summed E-state index contributed by atoms with van der Waals surface area (Å²) in [7, 11) is 0. The summed E-state index contributed by atoms with van der Waals surface area (Å²) >= 11 is 0. The normalized spacial score (nSPS) is 11.5. The number of imidazole rings is 1. The van der Waals surface area contributed by atoms with Gasteiger partial charge in [0, 0.05) is 0 Å². The van der Waals surface area contributed by atoms with Crippen LogP contribution in [0, 0.1) is 22.8 Å². The van der Waals surface area contributed by atoms with Crippen LogP contribution in [0.25, 0.3) is 0 Å². The molecule has 0 N–H and O–H groups in total. The first kappa shape index (κ1) is 12.8. The molecule has 1 aromatic carbocycles. The highest BCUT2D eigenvalue weighted by atomic mass is 16.5. The van der Waals surface area contributed by atoms with E-state index in [9.17, 15) is 0 Å². The van der Waals surface area contributed by atoms with Gasteiger partial charge in [0.15, 0.2) is 11.9 Å². The fourth-order valence-corrected chi connectivity index (χ4v) is 1.68. The zero-order valence-corrected chi connectivity index (χ0v) is 10.4. The van der Waals surface area contributed by atoms with Crippen LogP contribution in [-0.4, -0.2) is 9.55 Å². The lowest BCUT2D eigenvalue weighted by atomic mass is 10.1. The van der Waals surface area contributed by atoms with Crippen molar-refractivity contribution in [1.82, 2.24) is 9.55 Å². The second-order valence-electron chi connectivity index (χ2n) is 3.99. The van der Waals surface area contributed by atoms with Crippen molar-refractivity contribution in [2.24, 2.45) is 0 Å². The molecular weight excluding hydrogens is 240 g/mol. The predicted molar refractivity (Wildman–Crippen MR) is 67.6 cm³/mol. The predicted octanol–water partition coefficient (Wildman–Crippen LogP) is 2.36. The number of nitrogens with zero attached hydrogens (tertiary/aromatic N) is 4. The van der Waals surface area contributed by atoms with E-state index in [0.717, 1.165) is 5.56 Å². The minimum absolute atomic E-state index is 0.101. The van der Waals surface area contributed by atoms with Crippen LogP contribution in [0.3, 0.4) is 0 Å². The van der Waals surface area contributed by atoms with E-state index >= 15 is 0 Å². The van der Waals surface area contributed by atoms with Crippen molar-refractivity contribution in [3.8, 4) is 12.3 Å². The summed E-state index contributed by atoms with van der Waals surface area (Å²) in [6.45, 7) is 2.12. The molecule has 0 aliphatic carbocycles. The van der Waals surface area contributed by atoms with Gasteiger partial charge in [0.25, 0.3) is 0 Å². The van der Waals surface area contributed by atoms with Crippen LogP contribution in [-0.2, 0) is 11.3 Å². The van der Waals surface area contributed by atoms with Crippen LogP contribution in [0.4, 0.5) is 0 Å². The van der Waals surface area contributed by atoms with E-state index in [0.29, 0.717) is 5.82 Å². The zero-order chi connectivity index (χ0) is 13.7. The maximum Gasteiger partial charge on any atom is 0.189 e. The first-order chi connectivity index (χ1) is 9.24. The molecule has 2 aromatic rings. The van der Waals surface area contributed by atoms with E-state index in [1.54, 1.807) is 0 Å². The van der Waals surface area contributed by atoms with Crippen LogP contribution in [0.15, 0.2) is 36.5 Å². The summed E-state index contributed by atoms with van der Waals surface area (Å²) in [5.41, 5.74) is 1.27. The van der Waals surface area contributed by atoms with E-state index in [-0.39, 0.29) is 18.4 Å². The van der Waals surface area contributed by atoms with Gasteiger partial charge in [-0.1, -0.05) is 30.3 Å². The van der Waals surface area contributed by atoms with Crippen LogP contribution < -0.4 is 0 Å². The van der Waals surface area contributed by atoms with Crippen molar-refractivity contribution in [3.63, 3.8) is 0 Å². The molecule has 0 saturated heterocycles. The second kappa shape index (κ2) is 5.81. The Hall–Kier alpha value is -2.63. The quantitative estimate of drug-likeness (QED) is 0.837. The topological polar surface area (TPSA) is 74.6 Å². The molecule has 0 spiro atoms. The molecule has 1 heterocycles. The molecule has 0 amide bonds. The summed E-state index contributed by atoms with van der Waals surface area (Å²) in [5, 5.41) is 17.7. The van der Waals surface area contributed by atoms with Gasteiger partial charge in [-0.2, -0.15) is 10.5 Å². The van der Waals surface area contributed by atoms with Crippen molar-refractivity contribution < 1.29 is 4.74 Å². The van der Waals surface area contributed by atoms with Crippen LogP contribution in [0.5, 0.6) is 0 Å². The van der Waals surface area contributed by atoms with Crippen LogP contribution in [0.1, 0.15) is 30.1 Å². The number of hydrogen-bond acceptors (Lipinski definition) is 4.